The van der Waals surface area contributed by atoms with Gasteiger partial charge in [0.2, 0.25) is 5.91 Å². The van der Waals surface area contributed by atoms with E-state index in [0.717, 1.165) is 4.90 Å². The molecule has 0 fully saturated rings. The Kier molecular flexibility index (Phi) is 5.66. The molecule has 0 aliphatic heterocycles. The molecule has 0 aliphatic carbocycles. The Balaban J connectivity index is 2.52. The fourth-order valence-corrected chi connectivity index (χ4v) is 2.36. The van der Waals surface area contributed by atoms with Crippen molar-refractivity contribution in [3.8, 4) is 0 Å². The lowest BCUT2D eigenvalue weighted by molar-refractivity contribution is -0.120. The molecule has 4 heteroatoms. The highest BCUT2D eigenvalue weighted by atomic mass is 32.2. The van der Waals surface area contributed by atoms with Crippen LogP contribution in [0.2, 0.25) is 0 Å². The standard InChI is InChI=1S/C16H26N2OS/c1-15(2,3)12-6-8-13(9-7-12)20-10-14(19)18-16(4,5)11-17/h6-9H,10-11,17H2,1-5H3,(H,18,19). The van der Waals surface area contributed by atoms with Crippen LogP contribution in [0.5, 0.6) is 0 Å². The maximum atomic E-state index is 11.8. The van der Waals surface area contributed by atoms with Crippen molar-refractivity contribution in [1.29, 1.82) is 0 Å². The molecule has 0 bridgehead atoms. The second-order valence-electron chi connectivity index (χ2n) is 6.70. The summed E-state index contributed by atoms with van der Waals surface area (Å²) in [7, 11) is 0. The fraction of sp³-hybridized carbons (Fsp3) is 0.562. The Hall–Kier alpha value is -1.00. The van der Waals surface area contributed by atoms with Gasteiger partial charge in [0.25, 0.3) is 0 Å². The number of thioether (sulfide) groups is 1. The van der Waals surface area contributed by atoms with Crippen LogP contribution in [0.4, 0.5) is 0 Å². The van der Waals surface area contributed by atoms with Gasteiger partial charge in [0.15, 0.2) is 0 Å². The average molecular weight is 294 g/mol. The highest BCUT2D eigenvalue weighted by molar-refractivity contribution is 8.00. The predicted molar refractivity (Wildman–Crippen MR) is 87.1 cm³/mol. The molecule has 0 radical (unpaired) electrons. The fourth-order valence-electron chi connectivity index (χ4n) is 1.66. The molecule has 0 heterocycles. The molecule has 0 saturated heterocycles. The average Bonchev–Trinajstić information content (AvgIpc) is 2.35. The van der Waals surface area contributed by atoms with Gasteiger partial charge >= 0.3 is 0 Å². The van der Waals surface area contributed by atoms with Crippen LogP contribution in [0.3, 0.4) is 0 Å². The summed E-state index contributed by atoms with van der Waals surface area (Å²) in [6.07, 6.45) is 0. The molecule has 3 N–H and O–H groups in total. The Bertz CT molecular complexity index is 447. The summed E-state index contributed by atoms with van der Waals surface area (Å²) in [5, 5.41) is 2.93. The number of rotatable bonds is 5. The molecular formula is C16H26N2OS. The number of carbonyl (C=O) groups excluding carboxylic acids is 1. The molecule has 0 saturated carbocycles. The van der Waals surface area contributed by atoms with Gasteiger partial charge in [0.05, 0.1) is 5.75 Å². The lowest BCUT2D eigenvalue weighted by atomic mass is 9.87. The Morgan fingerprint density at radius 2 is 1.70 bits per heavy atom. The summed E-state index contributed by atoms with van der Waals surface area (Å²) in [4.78, 5) is 12.9. The van der Waals surface area contributed by atoms with E-state index in [4.69, 9.17) is 5.73 Å². The number of hydrogen-bond donors (Lipinski definition) is 2. The maximum absolute atomic E-state index is 11.8. The molecule has 1 rings (SSSR count). The van der Waals surface area contributed by atoms with Gasteiger partial charge < -0.3 is 11.1 Å². The largest absolute Gasteiger partial charge is 0.349 e. The van der Waals surface area contributed by atoms with Crippen LogP contribution in [0.15, 0.2) is 29.2 Å². The van der Waals surface area contributed by atoms with Gasteiger partial charge in [-0.3, -0.25) is 4.79 Å². The van der Waals surface area contributed by atoms with Crippen LogP contribution in [-0.4, -0.2) is 23.7 Å². The van der Waals surface area contributed by atoms with E-state index in [2.05, 4.69) is 50.4 Å². The zero-order valence-electron chi connectivity index (χ0n) is 13.1. The van der Waals surface area contributed by atoms with Crippen LogP contribution < -0.4 is 11.1 Å². The molecule has 1 amide bonds. The minimum Gasteiger partial charge on any atom is -0.349 e. The molecule has 1 aromatic rings. The minimum absolute atomic E-state index is 0.0188. The SMILES string of the molecule is CC(C)(CN)NC(=O)CSc1ccc(C(C)(C)C)cc1. The molecule has 20 heavy (non-hydrogen) atoms. The molecule has 0 aromatic heterocycles. The van der Waals surface area contributed by atoms with E-state index in [1.165, 1.54) is 5.56 Å². The molecule has 112 valence electrons. The number of nitrogens with one attached hydrogen (secondary N) is 1. The monoisotopic (exact) mass is 294 g/mol. The number of carbonyl (C=O) groups is 1. The van der Waals surface area contributed by atoms with Crippen molar-refractivity contribution in [3.05, 3.63) is 29.8 Å². The van der Waals surface area contributed by atoms with E-state index in [1.54, 1.807) is 11.8 Å². The number of nitrogens with two attached hydrogens (primary N) is 1. The summed E-state index contributed by atoms with van der Waals surface area (Å²) in [6.45, 7) is 10.9. The molecule has 0 spiro atoms. The first-order chi connectivity index (χ1) is 9.14. The van der Waals surface area contributed by atoms with Crippen molar-refractivity contribution in [1.82, 2.24) is 5.32 Å². The van der Waals surface area contributed by atoms with Crippen molar-refractivity contribution < 1.29 is 4.79 Å². The van der Waals surface area contributed by atoms with Gasteiger partial charge in [-0.05, 0) is 37.0 Å². The summed E-state index contributed by atoms with van der Waals surface area (Å²) in [5.74, 6) is 0.434. The highest BCUT2D eigenvalue weighted by Gasteiger charge is 2.18. The second-order valence-corrected chi connectivity index (χ2v) is 7.75. The Labute approximate surface area is 126 Å². The van der Waals surface area contributed by atoms with Crippen molar-refractivity contribution >= 4 is 17.7 Å². The van der Waals surface area contributed by atoms with Crippen molar-refractivity contribution in [2.45, 2.75) is 50.5 Å². The highest BCUT2D eigenvalue weighted by Crippen LogP contribution is 2.25. The smallest absolute Gasteiger partial charge is 0.230 e. The van der Waals surface area contributed by atoms with Crippen LogP contribution >= 0.6 is 11.8 Å². The van der Waals surface area contributed by atoms with Crippen molar-refractivity contribution in [2.75, 3.05) is 12.3 Å². The van der Waals surface area contributed by atoms with Crippen LogP contribution in [-0.2, 0) is 10.2 Å². The molecule has 3 nitrogen and oxygen atoms in total. The maximum Gasteiger partial charge on any atom is 0.230 e. The molecule has 1 aromatic carbocycles. The third-order valence-electron chi connectivity index (χ3n) is 3.08. The quantitative estimate of drug-likeness (QED) is 0.821. The number of amides is 1. The second kappa shape index (κ2) is 6.64. The predicted octanol–water partition coefficient (Wildman–Crippen LogP) is 2.93. The van der Waals surface area contributed by atoms with Gasteiger partial charge in [-0.2, -0.15) is 0 Å². The third-order valence-corrected chi connectivity index (χ3v) is 4.09. The van der Waals surface area contributed by atoms with E-state index in [1.807, 2.05) is 13.8 Å². The Morgan fingerprint density at radius 1 is 1.15 bits per heavy atom. The van der Waals surface area contributed by atoms with Crippen molar-refractivity contribution in [2.24, 2.45) is 5.73 Å². The lowest BCUT2D eigenvalue weighted by Gasteiger charge is -2.24. The summed E-state index contributed by atoms with van der Waals surface area (Å²) >= 11 is 1.55. The Morgan fingerprint density at radius 3 is 2.15 bits per heavy atom. The van der Waals surface area contributed by atoms with Crippen LogP contribution in [0, 0.1) is 0 Å². The van der Waals surface area contributed by atoms with Gasteiger partial charge in [-0.1, -0.05) is 32.9 Å². The lowest BCUT2D eigenvalue weighted by Crippen LogP contribution is -2.49. The summed E-state index contributed by atoms with van der Waals surface area (Å²) in [6, 6.07) is 8.41. The molecule has 0 unspecified atom stereocenters. The summed E-state index contributed by atoms with van der Waals surface area (Å²) in [5.41, 5.74) is 6.72. The normalized spacial score (nSPS) is 12.3. The number of benzene rings is 1. The van der Waals surface area contributed by atoms with Crippen LogP contribution in [0.1, 0.15) is 40.2 Å². The zero-order chi connectivity index (χ0) is 15.4. The van der Waals surface area contributed by atoms with E-state index in [-0.39, 0.29) is 16.9 Å². The molecule has 0 atom stereocenters. The molecular weight excluding hydrogens is 268 g/mol. The first-order valence-electron chi connectivity index (χ1n) is 6.88. The first-order valence-corrected chi connectivity index (χ1v) is 7.87. The number of hydrogen-bond acceptors (Lipinski definition) is 3. The van der Waals surface area contributed by atoms with E-state index in [0.29, 0.717) is 12.3 Å². The van der Waals surface area contributed by atoms with Crippen LogP contribution in [0.25, 0.3) is 0 Å². The van der Waals surface area contributed by atoms with Gasteiger partial charge in [-0.15, -0.1) is 11.8 Å². The summed E-state index contributed by atoms with van der Waals surface area (Å²) < 4.78 is 0. The zero-order valence-corrected chi connectivity index (χ0v) is 13.9. The van der Waals surface area contributed by atoms with E-state index >= 15 is 0 Å². The van der Waals surface area contributed by atoms with Gasteiger partial charge in [-0.25, -0.2) is 0 Å². The first kappa shape index (κ1) is 17.1. The van der Waals surface area contributed by atoms with E-state index < -0.39 is 0 Å². The van der Waals surface area contributed by atoms with Gasteiger partial charge in [0, 0.05) is 17.0 Å². The minimum atomic E-state index is -0.340. The van der Waals surface area contributed by atoms with E-state index in [9.17, 15) is 4.79 Å². The molecule has 0 aliphatic rings. The van der Waals surface area contributed by atoms with Gasteiger partial charge in [0.1, 0.15) is 0 Å². The third kappa shape index (κ3) is 5.55. The van der Waals surface area contributed by atoms with Crippen molar-refractivity contribution in [3.63, 3.8) is 0 Å². The topological polar surface area (TPSA) is 55.1 Å².